The Hall–Kier alpha value is -1.15. The Bertz CT molecular complexity index is 820. The van der Waals surface area contributed by atoms with Gasteiger partial charge in [-0.05, 0) is 43.4 Å². The number of nitrogens with zero attached hydrogens (tertiary/aromatic N) is 1. The summed E-state index contributed by atoms with van der Waals surface area (Å²) in [6, 6.07) is 8.06. The zero-order valence-corrected chi connectivity index (χ0v) is 27.4. The van der Waals surface area contributed by atoms with E-state index in [9.17, 15) is 8.42 Å². The topological polar surface area (TPSA) is 61.8 Å². The average molecular weight is 585 g/mol. The highest BCUT2D eigenvalue weighted by Crippen LogP contribution is 2.16. The summed E-state index contributed by atoms with van der Waals surface area (Å²) in [5.74, 6) is 0.712. The van der Waals surface area contributed by atoms with Gasteiger partial charge < -0.3 is 14.0 Å². The number of quaternary nitrogens is 1. The van der Waals surface area contributed by atoms with Gasteiger partial charge in [-0.1, -0.05) is 103 Å². The molecule has 0 aliphatic carbocycles. The van der Waals surface area contributed by atoms with E-state index < -0.39 is 16.2 Å². The molecule has 234 valence electrons. The van der Waals surface area contributed by atoms with Crippen molar-refractivity contribution in [1.29, 1.82) is 0 Å². The van der Waals surface area contributed by atoms with E-state index in [2.05, 4.69) is 40.2 Å². The summed E-state index contributed by atoms with van der Waals surface area (Å²) in [5.41, 5.74) is 1.29. The largest absolute Gasteiger partial charge is 0.491 e. The first-order chi connectivity index (χ1) is 19.1. The van der Waals surface area contributed by atoms with E-state index in [-0.39, 0.29) is 13.2 Å². The quantitative estimate of drug-likeness (QED) is 0.0597. The molecule has 40 heavy (non-hydrogen) atoms. The second kappa shape index (κ2) is 22.4. The van der Waals surface area contributed by atoms with Crippen LogP contribution in [0.15, 0.2) is 24.3 Å². The van der Waals surface area contributed by atoms with E-state index in [0.29, 0.717) is 12.4 Å². The predicted octanol–water partition coefficient (Wildman–Crippen LogP) is 7.94. The van der Waals surface area contributed by atoms with Crippen molar-refractivity contribution in [2.24, 2.45) is 0 Å². The molecule has 6 nitrogen and oxygen atoms in total. The number of rotatable bonds is 27. The molecule has 0 N–H and O–H groups in total. The molecule has 1 aromatic carbocycles. The zero-order chi connectivity index (χ0) is 29.5. The molecule has 1 aromatic rings. The van der Waals surface area contributed by atoms with E-state index >= 15 is 0 Å². The first kappa shape index (κ1) is 36.9. The van der Waals surface area contributed by atoms with Crippen LogP contribution < -0.4 is 4.74 Å². The molecule has 0 saturated carbocycles. The summed E-state index contributed by atoms with van der Waals surface area (Å²) in [6.45, 7) is 4.40. The molecule has 0 amide bonds. The molecule has 7 heteroatoms. The van der Waals surface area contributed by atoms with E-state index in [0.717, 1.165) is 36.4 Å². The molecule has 0 radical (unpaired) electrons. The van der Waals surface area contributed by atoms with Crippen LogP contribution in [0.2, 0.25) is 0 Å². The molecule has 0 bridgehead atoms. The van der Waals surface area contributed by atoms with Gasteiger partial charge in [0.2, 0.25) is 0 Å². The molecule has 0 aliphatic rings. The minimum Gasteiger partial charge on any atom is -0.491 e. The van der Waals surface area contributed by atoms with Gasteiger partial charge in [0.1, 0.15) is 18.5 Å². The summed E-state index contributed by atoms with van der Waals surface area (Å²) in [4.78, 5) is 0. The standard InChI is InChI=1S/C33H62NO5S/c1-6-7-8-9-10-11-12-13-14-15-16-17-18-21-28-37-29-33(39-40(5,35)36)30-38-32-25-23-31(24-26-32)22-19-20-27-34(2,3)4/h23-26,33H,6-22,27-30H2,1-5H3/q+1/t33-/m0/s1. The highest BCUT2D eigenvalue weighted by atomic mass is 32.2. The Labute approximate surface area is 247 Å². The number of aryl methyl sites for hydroxylation is 1. The van der Waals surface area contributed by atoms with Crippen molar-refractivity contribution >= 4 is 10.1 Å². The lowest BCUT2D eigenvalue weighted by Gasteiger charge is -2.23. The fourth-order valence-corrected chi connectivity index (χ4v) is 5.43. The molecular weight excluding hydrogens is 522 g/mol. The third kappa shape index (κ3) is 23.5. The summed E-state index contributed by atoms with van der Waals surface area (Å²) >= 11 is 0. The first-order valence-electron chi connectivity index (χ1n) is 16.1. The van der Waals surface area contributed by atoms with Crippen LogP contribution in [-0.2, 0) is 25.5 Å². The molecule has 0 unspecified atom stereocenters. The van der Waals surface area contributed by atoms with Crippen LogP contribution in [0, 0.1) is 0 Å². The Morgan fingerprint density at radius 1 is 0.700 bits per heavy atom. The maximum atomic E-state index is 11.7. The van der Waals surface area contributed by atoms with Gasteiger partial charge >= 0.3 is 0 Å². The molecule has 0 spiro atoms. The number of ether oxygens (including phenoxy) is 2. The molecule has 0 heterocycles. The summed E-state index contributed by atoms with van der Waals surface area (Å²) < 4.78 is 41.3. The lowest BCUT2D eigenvalue weighted by atomic mass is 10.0. The fraction of sp³-hybridized carbons (Fsp3) is 0.818. The normalized spacial score (nSPS) is 13.0. The molecule has 1 atom stereocenters. The summed E-state index contributed by atoms with van der Waals surface area (Å²) in [6.07, 6.45) is 22.3. The molecule has 0 fully saturated rings. The van der Waals surface area contributed by atoms with Crippen LogP contribution in [0.3, 0.4) is 0 Å². The van der Waals surface area contributed by atoms with Gasteiger partial charge in [0.25, 0.3) is 10.1 Å². The number of hydrogen-bond acceptors (Lipinski definition) is 5. The van der Waals surface area contributed by atoms with Gasteiger partial charge in [-0.3, -0.25) is 4.18 Å². The van der Waals surface area contributed by atoms with E-state index in [4.69, 9.17) is 13.7 Å². The first-order valence-corrected chi connectivity index (χ1v) is 17.9. The van der Waals surface area contributed by atoms with Gasteiger partial charge in [-0.2, -0.15) is 8.42 Å². The van der Waals surface area contributed by atoms with Gasteiger partial charge in [-0.25, -0.2) is 0 Å². The number of unbranched alkanes of at least 4 members (excludes halogenated alkanes) is 14. The van der Waals surface area contributed by atoms with Crippen LogP contribution in [0.1, 0.15) is 115 Å². The van der Waals surface area contributed by atoms with Crippen LogP contribution in [0.5, 0.6) is 5.75 Å². The summed E-state index contributed by atoms with van der Waals surface area (Å²) in [5, 5.41) is 0. The molecule has 1 rings (SSSR count). The third-order valence-electron chi connectivity index (χ3n) is 7.16. The van der Waals surface area contributed by atoms with Crippen LogP contribution in [-0.4, -0.2) is 72.8 Å². The summed E-state index contributed by atoms with van der Waals surface area (Å²) in [7, 11) is 3.07. The van der Waals surface area contributed by atoms with Crippen molar-refractivity contribution in [2.45, 2.75) is 122 Å². The Morgan fingerprint density at radius 2 is 1.23 bits per heavy atom. The second-order valence-electron chi connectivity index (χ2n) is 12.5. The van der Waals surface area contributed by atoms with Gasteiger partial charge in [0.15, 0.2) is 0 Å². The maximum Gasteiger partial charge on any atom is 0.264 e. The Kier molecular flexibility index (Phi) is 20.7. The van der Waals surface area contributed by atoms with E-state index in [1.54, 1.807) is 0 Å². The predicted molar refractivity (Wildman–Crippen MR) is 169 cm³/mol. The fourth-order valence-electron chi connectivity index (χ4n) is 4.82. The minimum atomic E-state index is -3.59. The molecule has 0 aromatic heterocycles. The highest BCUT2D eigenvalue weighted by Gasteiger charge is 2.17. The van der Waals surface area contributed by atoms with Crippen molar-refractivity contribution in [3.63, 3.8) is 0 Å². The monoisotopic (exact) mass is 584 g/mol. The average Bonchev–Trinajstić information content (AvgIpc) is 2.88. The van der Waals surface area contributed by atoms with Crippen LogP contribution in [0.25, 0.3) is 0 Å². The van der Waals surface area contributed by atoms with Gasteiger partial charge in [0, 0.05) is 6.61 Å². The maximum absolute atomic E-state index is 11.7. The zero-order valence-electron chi connectivity index (χ0n) is 26.6. The van der Waals surface area contributed by atoms with Crippen molar-refractivity contribution in [1.82, 2.24) is 0 Å². The molecular formula is C33H62NO5S+. The van der Waals surface area contributed by atoms with Gasteiger partial charge in [-0.15, -0.1) is 0 Å². The van der Waals surface area contributed by atoms with E-state index in [1.807, 2.05) is 12.1 Å². The van der Waals surface area contributed by atoms with Crippen molar-refractivity contribution in [3.05, 3.63) is 29.8 Å². The van der Waals surface area contributed by atoms with E-state index in [1.165, 1.54) is 95.6 Å². The minimum absolute atomic E-state index is 0.134. The smallest absolute Gasteiger partial charge is 0.264 e. The SMILES string of the molecule is CCCCCCCCCCCCCCCCOC[C@@H](COc1ccc(CCCC[N+](C)(C)C)cc1)OS(C)(=O)=O. The molecule has 0 aliphatic heterocycles. The van der Waals surface area contributed by atoms with Crippen molar-refractivity contribution < 1.29 is 26.6 Å². The number of hydrogen-bond donors (Lipinski definition) is 0. The van der Waals surface area contributed by atoms with Crippen molar-refractivity contribution in [3.8, 4) is 5.75 Å². The number of benzene rings is 1. The second-order valence-corrected chi connectivity index (χ2v) is 14.1. The van der Waals surface area contributed by atoms with Crippen molar-refractivity contribution in [2.75, 3.05) is 53.8 Å². The Morgan fingerprint density at radius 3 is 1.73 bits per heavy atom. The lowest BCUT2D eigenvalue weighted by Crippen LogP contribution is -2.35. The Balaban J connectivity index is 2.15. The third-order valence-corrected chi connectivity index (χ3v) is 7.78. The lowest BCUT2D eigenvalue weighted by molar-refractivity contribution is -0.870. The van der Waals surface area contributed by atoms with Crippen LogP contribution in [0.4, 0.5) is 0 Å². The van der Waals surface area contributed by atoms with Gasteiger partial charge in [0.05, 0.1) is 40.6 Å². The molecule has 0 saturated heterocycles. The van der Waals surface area contributed by atoms with Crippen LogP contribution >= 0.6 is 0 Å². The highest BCUT2D eigenvalue weighted by molar-refractivity contribution is 7.86.